The van der Waals surface area contributed by atoms with E-state index in [9.17, 15) is 19.2 Å². The highest BCUT2D eigenvalue weighted by molar-refractivity contribution is 5.95. The lowest BCUT2D eigenvalue weighted by molar-refractivity contribution is -0.148. The maximum absolute atomic E-state index is 13.6. The number of esters is 1. The van der Waals surface area contributed by atoms with Gasteiger partial charge in [0.25, 0.3) is 17.7 Å². The number of hydrogen-bond acceptors (Lipinski definition) is 8. The van der Waals surface area contributed by atoms with E-state index in [2.05, 4.69) is 127 Å². The first-order chi connectivity index (χ1) is 43.0. The van der Waals surface area contributed by atoms with Crippen LogP contribution in [0.1, 0.15) is 298 Å². The van der Waals surface area contributed by atoms with Gasteiger partial charge in [0.15, 0.2) is 17.1 Å². The number of benzene rings is 2. The fraction of sp³-hybridized carbons (Fsp3) is 0.667. The second-order valence-electron chi connectivity index (χ2n) is 29.4. The second-order valence-corrected chi connectivity index (χ2v) is 29.4. The van der Waals surface area contributed by atoms with E-state index in [0.29, 0.717) is 48.0 Å². The fourth-order valence-corrected chi connectivity index (χ4v) is 17.8. The van der Waals surface area contributed by atoms with Crippen molar-refractivity contribution in [2.24, 2.45) is 34.5 Å². The number of nitrogens with zero attached hydrogens (tertiary/aromatic N) is 6. The molecule has 0 saturated heterocycles. The Balaban J connectivity index is 0.000000138. The highest BCUT2D eigenvalue weighted by Gasteiger charge is 2.60. The summed E-state index contributed by atoms with van der Waals surface area (Å²) in [4.78, 5) is 52.5. The summed E-state index contributed by atoms with van der Waals surface area (Å²) >= 11 is 0. The topological polar surface area (TPSA) is 167 Å². The lowest BCUT2D eigenvalue weighted by Gasteiger charge is -2.43. The molecule has 0 aliphatic heterocycles. The summed E-state index contributed by atoms with van der Waals surface area (Å²) in [5.41, 5.74) is 11.8. The Labute approximate surface area is 532 Å². The average molecular weight is 1210 g/mol. The number of amides is 3. The molecule has 3 heterocycles. The molecule has 8 aliphatic carbocycles. The molecule has 482 valence electrons. The van der Waals surface area contributed by atoms with Gasteiger partial charge in [0, 0.05) is 51.9 Å². The van der Waals surface area contributed by atoms with Gasteiger partial charge in [0.1, 0.15) is 0 Å². The maximum atomic E-state index is 13.6. The molecule has 0 spiro atoms. The summed E-state index contributed by atoms with van der Waals surface area (Å²) in [7, 11) is 0. The zero-order chi connectivity index (χ0) is 62.4. The monoisotopic (exact) mass is 1210 g/mol. The van der Waals surface area contributed by atoms with E-state index in [-0.39, 0.29) is 70.6 Å². The molecular weight excluding hydrogens is 1110 g/mol. The van der Waals surface area contributed by atoms with Crippen molar-refractivity contribution in [2.75, 3.05) is 6.61 Å². The van der Waals surface area contributed by atoms with Crippen LogP contribution in [0.4, 0.5) is 0 Å². The van der Waals surface area contributed by atoms with Gasteiger partial charge in [-0.25, -0.2) is 0 Å². The summed E-state index contributed by atoms with van der Waals surface area (Å²) in [5.74, 6) is 1.58. The van der Waals surface area contributed by atoms with Crippen LogP contribution in [-0.4, -0.2) is 77.8 Å². The van der Waals surface area contributed by atoms with Gasteiger partial charge >= 0.3 is 5.97 Å². The Bertz CT molecular complexity index is 3210. The molecule has 89 heavy (non-hydrogen) atoms. The maximum Gasteiger partial charge on any atom is 0.309 e. The Kier molecular flexibility index (Phi) is 20.7. The van der Waals surface area contributed by atoms with Crippen LogP contribution < -0.4 is 16.0 Å². The average Bonchev–Trinajstić information content (AvgIpc) is 1.60. The minimum absolute atomic E-state index is 0.0234. The number of aromatic nitrogens is 6. The van der Waals surface area contributed by atoms with E-state index in [0.717, 1.165) is 75.7 Å². The van der Waals surface area contributed by atoms with Crippen LogP contribution in [0.25, 0.3) is 0 Å². The van der Waals surface area contributed by atoms with Gasteiger partial charge in [-0.3, -0.25) is 33.2 Å². The van der Waals surface area contributed by atoms with Crippen molar-refractivity contribution in [3.63, 3.8) is 0 Å². The smallest absolute Gasteiger partial charge is 0.309 e. The minimum atomic E-state index is -0.168. The number of carbonyl (C=O) groups excluding carboxylic acids is 4. The van der Waals surface area contributed by atoms with Crippen LogP contribution in [0.15, 0.2) is 60.7 Å². The van der Waals surface area contributed by atoms with Crippen molar-refractivity contribution in [1.29, 1.82) is 0 Å². The van der Waals surface area contributed by atoms with Gasteiger partial charge in [-0.15, -0.1) is 0 Å². The van der Waals surface area contributed by atoms with Crippen LogP contribution >= 0.6 is 0 Å². The van der Waals surface area contributed by atoms with E-state index >= 15 is 0 Å². The van der Waals surface area contributed by atoms with E-state index < -0.39 is 0 Å². The van der Waals surface area contributed by atoms with E-state index in [1.807, 2.05) is 19.1 Å². The van der Waals surface area contributed by atoms with Crippen LogP contribution in [0.3, 0.4) is 0 Å². The summed E-state index contributed by atoms with van der Waals surface area (Å²) in [6.07, 6.45) is 33.2. The van der Waals surface area contributed by atoms with Crippen LogP contribution in [0.2, 0.25) is 0 Å². The minimum Gasteiger partial charge on any atom is -0.466 e. The lowest BCUT2D eigenvalue weighted by atomic mass is 9.68. The zero-order valence-electron chi connectivity index (χ0n) is 55.5. The largest absolute Gasteiger partial charge is 0.466 e. The van der Waals surface area contributed by atoms with E-state index in [4.69, 9.17) is 20.0 Å². The molecule has 0 radical (unpaired) electrons. The summed E-state index contributed by atoms with van der Waals surface area (Å²) in [6.45, 7) is 18.0. The quantitative estimate of drug-likeness (QED) is 0.0871. The van der Waals surface area contributed by atoms with Crippen molar-refractivity contribution < 1.29 is 23.9 Å². The van der Waals surface area contributed by atoms with Gasteiger partial charge in [-0.05, 0) is 203 Å². The normalized spacial score (nSPS) is 24.6. The molecule has 3 N–H and O–H groups in total. The standard InChI is InChI=1S/C26H35N3O.C25H39N3O3.C24H33N3O/c1-17(18-10-6-5-7-11-18)29-21-13-9-8-12-20(21)22(28-29)23(30)27-24-25(2,3)19-14-15-26(24,4)16-19;1-3-31-25(30)19-14-15-22-21(16-19)23(27-28(22)20-12-8-5-9-13-20)24(29)26-17(2)18-10-6-4-7-11-18;1-17(19-11-5-3-6-12-19)25-24(28)23-21-15-9-10-16-22(21)27(26-23)18(2)20-13-7-4-8-14-20/h5-7,10-11,17,19,24H,8-9,12-16H2,1-4H3,(H,27,30);17-20H,3-16H2,1-2H3,(H,26,29);4,7-8,13-14,17-19H,3,5-6,9-12,15-16H2,1-2H3,(H,25,28)/t;17-,19?;17-,18?/m.10/s1. The van der Waals surface area contributed by atoms with Crippen molar-refractivity contribution in [1.82, 2.24) is 45.3 Å². The predicted octanol–water partition coefficient (Wildman–Crippen LogP) is 15.1. The molecule has 8 aliphatic rings. The fourth-order valence-electron chi connectivity index (χ4n) is 17.8. The number of ether oxygens (including phenoxy) is 1. The van der Waals surface area contributed by atoms with Crippen LogP contribution in [0, 0.1) is 34.5 Å². The molecule has 5 fully saturated rings. The Morgan fingerprint density at radius 1 is 0.539 bits per heavy atom. The third-order valence-corrected chi connectivity index (χ3v) is 23.2. The first-order valence-corrected chi connectivity index (χ1v) is 35.5. The predicted molar refractivity (Wildman–Crippen MR) is 352 cm³/mol. The molecule has 8 atom stereocenters. The summed E-state index contributed by atoms with van der Waals surface area (Å²) in [6, 6.07) is 22.3. The van der Waals surface area contributed by atoms with Crippen molar-refractivity contribution in [3.05, 3.63) is 123 Å². The van der Waals surface area contributed by atoms with Gasteiger partial charge in [0.05, 0.1) is 30.7 Å². The molecule has 2 aromatic carbocycles. The van der Waals surface area contributed by atoms with Crippen molar-refractivity contribution in [2.45, 2.75) is 278 Å². The number of nitrogens with one attached hydrogen (secondary N) is 3. The molecule has 6 unspecified atom stereocenters. The molecule has 13 rings (SSSR count). The zero-order valence-corrected chi connectivity index (χ0v) is 55.5. The second kappa shape index (κ2) is 28.6. The highest BCUT2D eigenvalue weighted by Crippen LogP contribution is 2.62. The van der Waals surface area contributed by atoms with Crippen LogP contribution in [0.5, 0.6) is 0 Å². The molecule has 14 nitrogen and oxygen atoms in total. The molecule has 5 aromatic rings. The van der Waals surface area contributed by atoms with Crippen LogP contribution in [-0.2, 0) is 48.1 Å². The molecule has 3 aromatic heterocycles. The Hall–Kier alpha value is -6.05. The molecule has 3 amide bonds. The Morgan fingerprint density at radius 3 is 1.49 bits per heavy atom. The van der Waals surface area contributed by atoms with E-state index in [1.165, 1.54) is 155 Å². The lowest BCUT2D eigenvalue weighted by Crippen LogP contribution is -2.52. The number of fused-ring (bicyclic) bond motifs is 5. The summed E-state index contributed by atoms with van der Waals surface area (Å²) in [5, 5.41) is 24.8. The van der Waals surface area contributed by atoms with Gasteiger partial charge in [-0.1, -0.05) is 139 Å². The van der Waals surface area contributed by atoms with Gasteiger partial charge < -0.3 is 20.7 Å². The number of hydrogen-bond donors (Lipinski definition) is 3. The van der Waals surface area contributed by atoms with Gasteiger partial charge in [0.2, 0.25) is 0 Å². The number of rotatable bonds is 15. The van der Waals surface area contributed by atoms with Crippen molar-refractivity contribution >= 4 is 23.7 Å². The summed E-state index contributed by atoms with van der Waals surface area (Å²) < 4.78 is 11.7. The third-order valence-electron chi connectivity index (χ3n) is 23.2. The Morgan fingerprint density at radius 2 is 1.01 bits per heavy atom. The molecule has 5 saturated carbocycles. The number of carbonyl (C=O) groups is 4. The molecule has 2 bridgehead atoms. The first kappa shape index (κ1) is 64.5. The third kappa shape index (κ3) is 14.1. The highest BCUT2D eigenvalue weighted by atomic mass is 16.5. The van der Waals surface area contributed by atoms with Crippen molar-refractivity contribution in [3.8, 4) is 0 Å². The van der Waals surface area contributed by atoms with Gasteiger partial charge in [-0.2, -0.15) is 15.3 Å². The SMILES string of the molecule is CC(c1ccccc1)n1nc(C(=O)NC2C3(C)CCC(C3)C2(C)C)c2c1CCCC2.CC(c1ccccc1)n1nc(C(=O)N[C@@H](C)C2CCCCC2)c2c1CCCC2.CCOC(=O)C1CCc2c(c(C(=O)N[C@H](C)C3CCCCC3)nn2C2CCCCC2)C1. The van der Waals surface area contributed by atoms with E-state index in [1.54, 1.807) is 0 Å². The first-order valence-electron chi connectivity index (χ1n) is 35.5. The molecule has 14 heteroatoms. The molecular formula is C75H107N9O5.